The number of hydrogen-bond donors (Lipinski definition) is 2. The summed E-state index contributed by atoms with van der Waals surface area (Å²) in [4.78, 5) is 11.3. The lowest BCUT2D eigenvalue weighted by atomic mass is 10.3. The van der Waals surface area contributed by atoms with Gasteiger partial charge in [0.05, 0.1) is 0 Å². The summed E-state index contributed by atoms with van der Waals surface area (Å²) >= 11 is 1.99. The van der Waals surface area contributed by atoms with Gasteiger partial charge in [-0.15, -0.1) is 0 Å². The third-order valence-corrected chi connectivity index (χ3v) is 3.66. The van der Waals surface area contributed by atoms with E-state index in [4.69, 9.17) is 5.84 Å². The van der Waals surface area contributed by atoms with Crippen LogP contribution in [0, 0.1) is 0 Å². The van der Waals surface area contributed by atoms with Gasteiger partial charge in [0, 0.05) is 37.1 Å². The third-order valence-electron chi connectivity index (χ3n) is 2.72. The van der Waals surface area contributed by atoms with Gasteiger partial charge < -0.3 is 10.3 Å². The van der Waals surface area contributed by atoms with E-state index in [9.17, 15) is 0 Å². The Morgan fingerprint density at radius 1 is 1.41 bits per heavy atom. The number of rotatable bonds is 4. The number of nitrogens with one attached hydrogen (secondary N) is 1. The number of hydrazine groups is 1. The van der Waals surface area contributed by atoms with Crippen molar-refractivity contribution >= 4 is 23.4 Å². The molecule has 17 heavy (non-hydrogen) atoms. The van der Waals surface area contributed by atoms with Crippen LogP contribution in [0.5, 0.6) is 0 Å². The average molecular weight is 253 g/mol. The van der Waals surface area contributed by atoms with Gasteiger partial charge in [0.2, 0.25) is 0 Å². The summed E-state index contributed by atoms with van der Waals surface area (Å²) in [5, 5.41) is 0. The highest BCUT2D eigenvalue weighted by atomic mass is 32.2. The van der Waals surface area contributed by atoms with Crippen molar-refractivity contribution in [3.8, 4) is 0 Å². The zero-order valence-electron chi connectivity index (χ0n) is 10.1. The van der Waals surface area contributed by atoms with E-state index in [1.165, 1.54) is 11.5 Å². The fourth-order valence-electron chi connectivity index (χ4n) is 1.85. The zero-order valence-corrected chi connectivity index (χ0v) is 11.0. The van der Waals surface area contributed by atoms with Crippen LogP contribution in [-0.4, -0.2) is 34.6 Å². The van der Waals surface area contributed by atoms with Crippen molar-refractivity contribution in [2.24, 2.45) is 5.84 Å². The number of nitrogens with two attached hydrogens (primary N) is 1. The summed E-state index contributed by atoms with van der Waals surface area (Å²) < 4.78 is 0. The molecule has 0 atom stereocenters. The van der Waals surface area contributed by atoms with Crippen LogP contribution in [0.4, 0.5) is 11.6 Å². The standard InChI is InChI=1S/C11H19N5S/c1-2-3-9-13-10(15-12)8-11(14-9)16-4-6-17-7-5-16/h8H,2-7,12H2,1H3,(H,13,14,15). The Hall–Kier alpha value is -1.01. The summed E-state index contributed by atoms with van der Waals surface area (Å²) in [6, 6.07) is 1.93. The molecule has 5 nitrogen and oxygen atoms in total. The van der Waals surface area contributed by atoms with Crippen LogP contribution in [0.25, 0.3) is 0 Å². The van der Waals surface area contributed by atoms with Crippen molar-refractivity contribution in [2.45, 2.75) is 19.8 Å². The molecule has 0 unspecified atom stereocenters. The molecule has 1 aliphatic heterocycles. The fourth-order valence-corrected chi connectivity index (χ4v) is 2.75. The monoisotopic (exact) mass is 253 g/mol. The molecular formula is C11H19N5S. The van der Waals surface area contributed by atoms with Gasteiger partial charge in [0.1, 0.15) is 17.5 Å². The van der Waals surface area contributed by atoms with E-state index < -0.39 is 0 Å². The first-order valence-electron chi connectivity index (χ1n) is 6.00. The minimum absolute atomic E-state index is 0.705. The van der Waals surface area contributed by atoms with Crippen LogP contribution < -0.4 is 16.2 Å². The van der Waals surface area contributed by atoms with E-state index in [0.717, 1.165) is 37.6 Å². The third kappa shape index (κ3) is 3.23. The normalized spacial score (nSPS) is 16.0. The van der Waals surface area contributed by atoms with Gasteiger partial charge in [-0.05, 0) is 6.42 Å². The van der Waals surface area contributed by atoms with Crippen LogP contribution in [0.2, 0.25) is 0 Å². The first-order valence-corrected chi connectivity index (χ1v) is 7.16. The van der Waals surface area contributed by atoms with Crippen LogP contribution in [0.15, 0.2) is 6.07 Å². The fraction of sp³-hybridized carbons (Fsp3) is 0.636. The molecule has 0 amide bonds. The molecule has 1 aromatic heterocycles. The van der Waals surface area contributed by atoms with Gasteiger partial charge in [0.25, 0.3) is 0 Å². The zero-order chi connectivity index (χ0) is 12.1. The molecule has 3 N–H and O–H groups in total. The molecule has 0 aromatic carbocycles. The summed E-state index contributed by atoms with van der Waals surface area (Å²) in [6.07, 6.45) is 1.94. The predicted molar refractivity (Wildman–Crippen MR) is 73.4 cm³/mol. The van der Waals surface area contributed by atoms with E-state index in [1.54, 1.807) is 0 Å². The van der Waals surface area contributed by atoms with Gasteiger partial charge in [-0.25, -0.2) is 15.8 Å². The second kappa shape index (κ2) is 6.07. The molecule has 1 fully saturated rings. The van der Waals surface area contributed by atoms with Gasteiger partial charge in [-0.1, -0.05) is 6.92 Å². The lowest BCUT2D eigenvalue weighted by Crippen LogP contribution is -2.33. The number of hydrogen-bond acceptors (Lipinski definition) is 6. The second-order valence-corrected chi connectivity index (χ2v) is 5.25. The minimum atomic E-state index is 0.705. The SMILES string of the molecule is CCCc1nc(NN)cc(N2CCSCC2)n1. The summed E-state index contributed by atoms with van der Waals surface area (Å²) in [5.74, 6) is 10.4. The van der Waals surface area contributed by atoms with Gasteiger partial charge in [0.15, 0.2) is 0 Å². The maximum atomic E-state index is 5.45. The van der Waals surface area contributed by atoms with E-state index >= 15 is 0 Å². The Balaban J connectivity index is 2.21. The van der Waals surface area contributed by atoms with Gasteiger partial charge in [-0.3, -0.25) is 0 Å². The lowest BCUT2D eigenvalue weighted by Gasteiger charge is -2.27. The molecule has 0 radical (unpaired) electrons. The van der Waals surface area contributed by atoms with Crippen molar-refractivity contribution < 1.29 is 0 Å². The topological polar surface area (TPSA) is 67.1 Å². The number of anilines is 2. The Kier molecular flexibility index (Phi) is 4.44. The molecule has 0 spiro atoms. The molecule has 2 rings (SSSR count). The maximum Gasteiger partial charge on any atom is 0.145 e. The highest BCUT2D eigenvalue weighted by Gasteiger charge is 2.14. The van der Waals surface area contributed by atoms with Crippen molar-refractivity contribution in [1.29, 1.82) is 0 Å². The molecule has 94 valence electrons. The lowest BCUT2D eigenvalue weighted by molar-refractivity contribution is 0.794. The molecule has 2 heterocycles. The molecule has 0 bridgehead atoms. The van der Waals surface area contributed by atoms with Crippen LogP contribution in [0.3, 0.4) is 0 Å². The minimum Gasteiger partial charge on any atom is -0.355 e. The smallest absolute Gasteiger partial charge is 0.145 e. The first-order chi connectivity index (χ1) is 8.33. The maximum absolute atomic E-state index is 5.45. The molecule has 6 heteroatoms. The Morgan fingerprint density at radius 3 is 2.82 bits per heavy atom. The number of nitrogen functional groups attached to an aromatic ring is 1. The summed E-state index contributed by atoms with van der Waals surface area (Å²) in [5.41, 5.74) is 2.62. The van der Waals surface area contributed by atoms with E-state index in [-0.39, 0.29) is 0 Å². The highest BCUT2D eigenvalue weighted by Crippen LogP contribution is 2.20. The Bertz CT molecular complexity index is 365. The van der Waals surface area contributed by atoms with Crippen LogP contribution in [0.1, 0.15) is 19.2 Å². The van der Waals surface area contributed by atoms with Crippen molar-refractivity contribution in [1.82, 2.24) is 9.97 Å². The molecule has 1 saturated heterocycles. The van der Waals surface area contributed by atoms with E-state index in [0.29, 0.717) is 5.82 Å². The number of aryl methyl sites for hydroxylation is 1. The number of aromatic nitrogens is 2. The van der Waals surface area contributed by atoms with Crippen molar-refractivity contribution in [2.75, 3.05) is 34.9 Å². The average Bonchev–Trinajstić information content (AvgIpc) is 2.40. The summed E-state index contributed by atoms with van der Waals surface area (Å²) in [7, 11) is 0. The van der Waals surface area contributed by atoms with Crippen molar-refractivity contribution in [3.63, 3.8) is 0 Å². The second-order valence-electron chi connectivity index (χ2n) is 4.02. The van der Waals surface area contributed by atoms with Crippen molar-refractivity contribution in [3.05, 3.63) is 11.9 Å². The Morgan fingerprint density at radius 2 is 2.18 bits per heavy atom. The largest absolute Gasteiger partial charge is 0.355 e. The predicted octanol–water partition coefficient (Wildman–Crippen LogP) is 1.27. The summed E-state index contributed by atoms with van der Waals surface area (Å²) in [6.45, 7) is 4.23. The van der Waals surface area contributed by atoms with Gasteiger partial charge in [-0.2, -0.15) is 11.8 Å². The van der Waals surface area contributed by atoms with Crippen LogP contribution >= 0.6 is 11.8 Å². The van der Waals surface area contributed by atoms with E-state index in [2.05, 4.69) is 27.2 Å². The van der Waals surface area contributed by atoms with Gasteiger partial charge >= 0.3 is 0 Å². The molecule has 1 aromatic rings. The molecule has 1 aliphatic rings. The number of nitrogens with zero attached hydrogens (tertiary/aromatic N) is 3. The molecule has 0 saturated carbocycles. The molecular weight excluding hydrogens is 234 g/mol. The van der Waals surface area contributed by atoms with Crippen LogP contribution in [-0.2, 0) is 6.42 Å². The number of thioether (sulfide) groups is 1. The Labute approximate surface area is 106 Å². The quantitative estimate of drug-likeness (QED) is 0.622. The first kappa shape index (κ1) is 12.4. The molecule has 0 aliphatic carbocycles. The highest BCUT2D eigenvalue weighted by molar-refractivity contribution is 7.99. The van der Waals surface area contributed by atoms with E-state index in [1.807, 2.05) is 17.8 Å².